The average molecular weight is 389 g/mol. The molecule has 0 aliphatic rings. The van der Waals surface area contributed by atoms with Gasteiger partial charge in [0.2, 0.25) is 0 Å². The number of ketones is 1. The van der Waals surface area contributed by atoms with Gasteiger partial charge in [-0.15, -0.1) is 0 Å². The van der Waals surface area contributed by atoms with Gasteiger partial charge in [0.05, 0.1) is 0 Å². The van der Waals surface area contributed by atoms with Crippen molar-refractivity contribution in [2.24, 2.45) is 0 Å². The van der Waals surface area contributed by atoms with Crippen LogP contribution in [-0.4, -0.2) is 17.4 Å². The van der Waals surface area contributed by atoms with Crippen molar-refractivity contribution in [2.75, 3.05) is 11.9 Å². The first kappa shape index (κ1) is 19.8. The number of benzene rings is 3. The van der Waals surface area contributed by atoms with Crippen molar-refractivity contribution in [1.82, 2.24) is 5.32 Å². The van der Waals surface area contributed by atoms with Gasteiger partial charge in [-0.05, 0) is 48.8 Å². The normalized spacial score (nSPS) is 10.5. The Morgan fingerprint density at radius 3 is 2.07 bits per heavy atom. The fourth-order valence-electron chi connectivity index (χ4n) is 3.22. The standard InChI is InChI=1S/C24H24N2OS/c1-18(27)21-13-8-14-22(17-21)26-24(28)25-16-15-23(19-9-4-2-5-10-19)20-11-6-3-7-12-20/h2-14,17,23H,15-16H2,1H3,(H2,25,26,28). The lowest BCUT2D eigenvalue weighted by atomic mass is 9.88. The van der Waals surface area contributed by atoms with Crippen molar-refractivity contribution in [2.45, 2.75) is 19.3 Å². The lowest BCUT2D eigenvalue weighted by molar-refractivity contribution is 0.101. The maximum atomic E-state index is 11.5. The summed E-state index contributed by atoms with van der Waals surface area (Å²) in [5.41, 5.74) is 4.07. The van der Waals surface area contributed by atoms with E-state index in [1.807, 2.05) is 30.3 Å². The van der Waals surface area contributed by atoms with Crippen LogP contribution in [0.15, 0.2) is 84.9 Å². The Bertz CT molecular complexity index is 886. The Kier molecular flexibility index (Phi) is 6.93. The predicted molar refractivity (Wildman–Crippen MR) is 120 cm³/mol. The predicted octanol–water partition coefficient (Wildman–Crippen LogP) is 5.40. The molecular weight excluding hydrogens is 364 g/mol. The molecule has 0 bridgehead atoms. The molecular formula is C24H24N2OS. The number of anilines is 1. The third-order valence-electron chi connectivity index (χ3n) is 4.65. The minimum Gasteiger partial charge on any atom is -0.362 e. The van der Waals surface area contributed by atoms with Gasteiger partial charge in [0, 0.05) is 23.7 Å². The Labute approximate surface area is 171 Å². The van der Waals surface area contributed by atoms with Crippen LogP contribution in [0.25, 0.3) is 0 Å². The van der Waals surface area contributed by atoms with E-state index in [0.29, 0.717) is 16.6 Å². The van der Waals surface area contributed by atoms with Gasteiger partial charge in [0.15, 0.2) is 10.9 Å². The van der Waals surface area contributed by atoms with Crippen LogP contribution in [0.1, 0.15) is 40.7 Å². The number of nitrogens with one attached hydrogen (secondary N) is 2. The molecule has 0 aromatic heterocycles. The van der Waals surface area contributed by atoms with Crippen molar-refractivity contribution in [3.63, 3.8) is 0 Å². The minimum absolute atomic E-state index is 0.0380. The van der Waals surface area contributed by atoms with Crippen molar-refractivity contribution in [1.29, 1.82) is 0 Å². The second-order valence-electron chi connectivity index (χ2n) is 6.68. The van der Waals surface area contributed by atoms with E-state index in [9.17, 15) is 4.79 Å². The molecule has 0 unspecified atom stereocenters. The second-order valence-corrected chi connectivity index (χ2v) is 7.09. The van der Waals surface area contributed by atoms with Crippen molar-refractivity contribution >= 4 is 28.8 Å². The van der Waals surface area contributed by atoms with E-state index >= 15 is 0 Å². The fourth-order valence-corrected chi connectivity index (χ4v) is 3.44. The van der Waals surface area contributed by atoms with E-state index in [1.54, 1.807) is 13.0 Å². The first-order chi connectivity index (χ1) is 13.6. The number of hydrogen-bond acceptors (Lipinski definition) is 2. The number of rotatable bonds is 7. The van der Waals surface area contributed by atoms with Crippen molar-refractivity contribution in [3.05, 3.63) is 102 Å². The molecule has 0 heterocycles. The maximum absolute atomic E-state index is 11.5. The Morgan fingerprint density at radius 1 is 0.893 bits per heavy atom. The summed E-state index contributed by atoms with van der Waals surface area (Å²) in [6.07, 6.45) is 0.920. The number of carbonyl (C=O) groups excluding carboxylic acids is 1. The Morgan fingerprint density at radius 2 is 1.50 bits per heavy atom. The molecule has 0 aliphatic carbocycles. The molecule has 142 valence electrons. The second kappa shape index (κ2) is 9.81. The van der Waals surface area contributed by atoms with Gasteiger partial charge in [-0.2, -0.15) is 0 Å². The molecule has 0 radical (unpaired) electrons. The summed E-state index contributed by atoms with van der Waals surface area (Å²) in [7, 11) is 0. The van der Waals surface area contributed by atoms with Gasteiger partial charge in [-0.25, -0.2) is 0 Å². The molecule has 3 nitrogen and oxygen atoms in total. The molecule has 0 atom stereocenters. The minimum atomic E-state index is 0.0380. The van der Waals surface area contributed by atoms with Crippen LogP contribution in [0.3, 0.4) is 0 Å². The van der Waals surface area contributed by atoms with Gasteiger partial charge < -0.3 is 10.6 Å². The molecule has 0 fully saturated rings. The zero-order valence-electron chi connectivity index (χ0n) is 15.9. The van der Waals surface area contributed by atoms with Crippen LogP contribution in [0, 0.1) is 0 Å². The van der Waals surface area contributed by atoms with E-state index in [0.717, 1.165) is 18.7 Å². The molecule has 4 heteroatoms. The summed E-state index contributed by atoms with van der Waals surface area (Å²) in [6.45, 7) is 2.30. The molecule has 3 aromatic rings. The third-order valence-corrected chi connectivity index (χ3v) is 4.90. The van der Waals surface area contributed by atoms with Gasteiger partial charge in [0.25, 0.3) is 0 Å². The molecule has 0 saturated heterocycles. The molecule has 0 spiro atoms. The summed E-state index contributed by atoms with van der Waals surface area (Å²) in [6, 6.07) is 28.4. The van der Waals surface area contributed by atoms with E-state index in [1.165, 1.54) is 11.1 Å². The highest BCUT2D eigenvalue weighted by molar-refractivity contribution is 7.80. The monoisotopic (exact) mass is 388 g/mol. The smallest absolute Gasteiger partial charge is 0.170 e. The van der Waals surface area contributed by atoms with Crippen LogP contribution < -0.4 is 10.6 Å². The number of Topliss-reactive ketones (excluding diaryl/α,β-unsaturated/α-hetero) is 1. The molecule has 0 aliphatic heterocycles. The highest BCUT2D eigenvalue weighted by Crippen LogP contribution is 2.27. The van der Waals surface area contributed by atoms with Gasteiger partial charge >= 0.3 is 0 Å². The zero-order chi connectivity index (χ0) is 19.8. The fraction of sp³-hybridized carbons (Fsp3) is 0.167. The van der Waals surface area contributed by atoms with Crippen molar-refractivity contribution in [3.8, 4) is 0 Å². The highest BCUT2D eigenvalue weighted by atomic mass is 32.1. The van der Waals surface area contributed by atoms with Crippen LogP contribution in [0.4, 0.5) is 5.69 Å². The van der Waals surface area contributed by atoms with Crippen LogP contribution in [0.2, 0.25) is 0 Å². The van der Waals surface area contributed by atoms with E-state index in [-0.39, 0.29) is 5.78 Å². The SMILES string of the molecule is CC(=O)c1cccc(NC(=S)NCCC(c2ccccc2)c2ccccc2)c1. The van der Waals surface area contributed by atoms with E-state index in [2.05, 4.69) is 59.2 Å². The average Bonchev–Trinajstić information content (AvgIpc) is 2.72. The molecule has 0 amide bonds. The summed E-state index contributed by atoms with van der Waals surface area (Å²) < 4.78 is 0. The van der Waals surface area contributed by atoms with Gasteiger partial charge in [-0.3, -0.25) is 4.79 Å². The number of thiocarbonyl (C=S) groups is 1. The van der Waals surface area contributed by atoms with E-state index < -0.39 is 0 Å². The van der Waals surface area contributed by atoms with Crippen LogP contribution in [-0.2, 0) is 0 Å². The molecule has 2 N–H and O–H groups in total. The first-order valence-electron chi connectivity index (χ1n) is 9.39. The summed E-state index contributed by atoms with van der Waals surface area (Å²) in [5, 5.41) is 7.00. The molecule has 28 heavy (non-hydrogen) atoms. The highest BCUT2D eigenvalue weighted by Gasteiger charge is 2.13. The number of hydrogen-bond donors (Lipinski definition) is 2. The Hall–Kier alpha value is -2.98. The van der Waals surface area contributed by atoms with Gasteiger partial charge in [0.1, 0.15) is 0 Å². The topological polar surface area (TPSA) is 41.1 Å². The third kappa shape index (κ3) is 5.51. The van der Waals surface area contributed by atoms with Gasteiger partial charge in [-0.1, -0.05) is 72.8 Å². The largest absolute Gasteiger partial charge is 0.362 e. The number of carbonyl (C=O) groups is 1. The molecule has 3 rings (SSSR count). The zero-order valence-corrected chi connectivity index (χ0v) is 16.7. The first-order valence-corrected chi connectivity index (χ1v) is 9.80. The quantitative estimate of drug-likeness (QED) is 0.420. The maximum Gasteiger partial charge on any atom is 0.170 e. The summed E-state index contributed by atoms with van der Waals surface area (Å²) in [4.78, 5) is 11.5. The van der Waals surface area contributed by atoms with E-state index in [4.69, 9.17) is 12.2 Å². The molecule has 3 aromatic carbocycles. The van der Waals surface area contributed by atoms with Crippen molar-refractivity contribution < 1.29 is 4.79 Å². The lowest BCUT2D eigenvalue weighted by Crippen LogP contribution is -2.30. The van der Waals surface area contributed by atoms with Crippen LogP contribution >= 0.6 is 12.2 Å². The lowest BCUT2D eigenvalue weighted by Gasteiger charge is -2.19. The Balaban J connectivity index is 1.60. The summed E-state index contributed by atoms with van der Waals surface area (Å²) >= 11 is 5.42. The molecule has 0 saturated carbocycles. The summed E-state index contributed by atoms with van der Waals surface area (Å²) in [5.74, 6) is 0.342. The van der Waals surface area contributed by atoms with Crippen LogP contribution in [0.5, 0.6) is 0 Å².